The third-order valence-corrected chi connectivity index (χ3v) is 0. The minimum Gasteiger partial charge on any atom is -0.412 e. The van der Waals surface area contributed by atoms with Gasteiger partial charge in [0.25, 0.3) is 5.09 Å². The molecule has 0 aromatic rings. The monoisotopic (exact) mass is 151 g/mol. The maximum atomic E-state index is 8.36. The summed E-state index contributed by atoms with van der Waals surface area (Å²) in [5.41, 5.74) is 0. The second-order valence-electron chi connectivity index (χ2n) is 0.238. The molecule has 0 aromatic heterocycles. The minimum absolute atomic E-state index is 0. The second-order valence-corrected chi connectivity index (χ2v) is 0.238. The van der Waals surface area contributed by atoms with E-state index in [9.17, 15) is 0 Å². The predicted octanol–water partition coefficient (Wildman–Crippen LogP) is -2.00. The Balaban J connectivity index is -0.0000000150. The van der Waals surface area contributed by atoms with Crippen LogP contribution in [0.2, 0.25) is 0 Å². The Bertz CT molecular complexity index is 31.1. The van der Waals surface area contributed by atoms with Crippen molar-refractivity contribution in [3.05, 3.63) is 10.1 Å². The molecular weight excluding hydrogens is 146 g/mol. The van der Waals surface area contributed by atoms with E-state index in [0.29, 0.717) is 0 Å². The van der Waals surface area contributed by atoms with Crippen molar-refractivity contribution >= 4 is 0 Å². The third-order valence-electron chi connectivity index (χ3n) is 0. The molecule has 0 aromatic carbocycles. The van der Waals surface area contributed by atoms with Gasteiger partial charge in [-0.2, -0.15) is 0 Å². The van der Waals surface area contributed by atoms with E-state index in [4.69, 9.17) is 15.3 Å². The molecule has 5 N–H and O–H groups in total. The Kier molecular flexibility index (Phi) is 75.1. The van der Waals surface area contributed by atoms with Crippen LogP contribution in [0.15, 0.2) is 0 Å². The van der Waals surface area contributed by atoms with Crippen LogP contribution in [0.4, 0.5) is 0 Å². The maximum absolute atomic E-state index is 8.36. The Hall–Kier alpha value is -0.348. The summed E-state index contributed by atoms with van der Waals surface area (Å²) in [6, 6.07) is 0. The number of nitrogens with zero attached hydrogens (tertiary/aromatic N) is 1. The van der Waals surface area contributed by atoms with E-state index < -0.39 is 5.09 Å². The molecule has 7 heteroatoms. The molecule has 0 aliphatic rings. The summed E-state index contributed by atoms with van der Waals surface area (Å²) < 4.78 is 0. The molecule has 0 amide bonds. The Labute approximate surface area is 49.6 Å². The van der Waals surface area contributed by atoms with Crippen LogP contribution in [0, 0.1) is 10.1 Å². The summed E-state index contributed by atoms with van der Waals surface area (Å²) in [5, 5.41) is 13.6. The van der Waals surface area contributed by atoms with Gasteiger partial charge in [-0.3, -0.25) is 0 Å². The smallest absolute Gasteiger partial charge is 0.291 e. The van der Waals surface area contributed by atoms with Crippen molar-refractivity contribution in [2.45, 2.75) is 0 Å². The summed E-state index contributed by atoms with van der Waals surface area (Å²) in [6.07, 6.45) is 0. The average Bonchev–Trinajstić information content (AvgIpc) is 0.811. The molecule has 0 saturated carbocycles. The average molecular weight is 151 g/mol. The molecule has 46 valence electrons. The first-order valence-electron chi connectivity index (χ1n) is 0.565. The maximum Gasteiger partial charge on any atom is 0.291 e. The van der Waals surface area contributed by atoms with Crippen LogP contribution in [0.5, 0.6) is 0 Å². The fourth-order valence-electron chi connectivity index (χ4n) is 0. The number of hydrogen-bond acceptors (Lipinski definition) is 2. The second kappa shape index (κ2) is 17.4. The van der Waals surface area contributed by atoms with Crippen LogP contribution in [0.3, 0.4) is 0 Å². The van der Waals surface area contributed by atoms with Gasteiger partial charge in [0.1, 0.15) is 0 Å². The molecule has 0 heterocycles. The standard InChI is InChI=1S/Cr.HNO3.2H2O/c;2-1(3)4;;/h;(H,2,3,4);2*1H2. The first-order valence-corrected chi connectivity index (χ1v) is 0.565. The molecule has 0 radical (unpaired) electrons. The van der Waals surface area contributed by atoms with Crippen molar-refractivity contribution in [3.63, 3.8) is 0 Å². The topological polar surface area (TPSA) is 126 Å². The summed E-state index contributed by atoms with van der Waals surface area (Å²) in [4.78, 5) is 8.36. The van der Waals surface area contributed by atoms with Crippen molar-refractivity contribution in [3.8, 4) is 0 Å². The van der Waals surface area contributed by atoms with E-state index in [-0.39, 0.29) is 28.3 Å². The van der Waals surface area contributed by atoms with Crippen LogP contribution in [-0.2, 0) is 17.4 Å². The summed E-state index contributed by atoms with van der Waals surface area (Å²) in [5.74, 6) is 0. The van der Waals surface area contributed by atoms with Gasteiger partial charge in [-0.25, -0.2) is 0 Å². The Morgan fingerprint density at radius 2 is 1.43 bits per heavy atom. The summed E-state index contributed by atoms with van der Waals surface area (Å²) in [6.45, 7) is 0. The SMILES string of the molecule is O.O.O=[N+]([O-])O.[Cr]. The zero-order valence-corrected chi connectivity index (χ0v) is 4.39. The van der Waals surface area contributed by atoms with Gasteiger partial charge in [-0.15, -0.1) is 10.1 Å². The van der Waals surface area contributed by atoms with E-state index >= 15 is 0 Å². The molecule has 0 spiro atoms. The molecule has 0 bridgehead atoms. The molecular formula is H5CrNO5. The number of rotatable bonds is 0. The summed E-state index contributed by atoms with van der Waals surface area (Å²) >= 11 is 0. The molecule has 0 aliphatic carbocycles. The first kappa shape index (κ1) is 30.2. The zero-order chi connectivity index (χ0) is 3.58. The van der Waals surface area contributed by atoms with Crippen LogP contribution < -0.4 is 0 Å². The van der Waals surface area contributed by atoms with Gasteiger partial charge >= 0.3 is 0 Å². The fourth-order valence-corrected chi connectivity index (χ4v) is 0. The normalized spacial score (nSPS) is 3.43. The molecule has 7 heavy (non-hydrogen) atoms. The molecule has 0 aliphatic heterocycles. The molecule has 0 unspecified atom stereocenters. The van der Waals surface area contributed by atoms with Gasteiger partial charge in [0, 0.05) is 17.4 Å². The van der Waals surface area contributed by atoms with Gasteiger partial charge < -0.3 is 16.2 Å². The van der Waals surface area contributed by atoms with Crippen LogP contribution in [0.25, 0.3) is 0 Å². The molecule has 0 saturated heterocycles. The Morgan fingerprint density at radius 3 is 1.43 bits per heavy atom. The largest absolute Gasteiger partial charge is 0.412 e. The van der Waals surface area contributed by atoms with Crippen molar-refractivity contribution in [1.82, 2.24) is 0 Å². The van der Waals surface area contributed by atoms with Gasteiger partial charge in [0.2, 0.25) is 0 Å². The molecule has 0 atom stereocenters. The van der Waals surface area contributed by atoms with E-state index in [1.165, 1.54) is 0 Å². The van der Waals surface area contributed by atoms with Crippen molar-refractivity contribution in [1.29, 1.82) is 0 Å². The van der Waals surface area contributed by atoms with Gasteiger partial charge in [-0.1, -0.05) is 0 Å². The van der Waals surface area contributed by atoms with Crippen molar-refractivity contribution in [2.75, 3.05) is 0 Å². The predicted molar refractivity (Wildman–Crippen MR) is 16.0 cm³/mol. The van der Waals surface area contributed by atoms with Crippen molar-refractivity contribution < 1.29 is 38.6 Å². The van der Waals surface area contributed by atoms with E-state index in [1.807, 2.05) is 0 Å². The van der Waals surface area contributed by atoms with Crippen LogP contribution in [-0.4, -0.2) is 21.2 Å². The first-order chi connectivity index (χ1) is 1.73. The molecule has 6 nitrogen and oxygen atoms in total. The van der Waals surface area contributed by atoms with Gasteiger partial charge in [0.15, 0.2) is 0 Å². The third kappa shape index (κ3) is 624. The van der Waals surface area contributed by atoms with Crippen LogP contribution in [0.1, 0.15) is 0 Å². The van der Waals surface area contributed by atoms with Gasteiger partial charge in [0.05, 0.1) is 0 Å². The molecule has 0 rings (SSSR count). The Morgan fingerprint density at radius 1 is 1.43 bits per heavy atom. The van der Waals surface area contributed by atoms with E-state index in [2.05, 4.69) is 0 Å². The van der Waals surface area contributed by atoms with Gasteiger partial charge in [-0.05, 0) is 0 Å². The van der Waals surface area contributed by atoms with E-state index in [1.54, 1.807) is 0 Å². The van der Waals surface area contributed by atoms with E-state index in [0.717, 1.165) is 0 Å². The summed E-state index contributed by atoms with van der Waals surface area (Å²) in [7, 11) is 0. The fraction of sp³-hybridized carbons (Fsp3) is 0. The zero-order valence-electron chi connectivity index (χ0n) is 3.12. The minimum atomic E-state index is -1.50. The van der Waals surface area contributed by atoms with Crippen molar-refractivity contribution in [2.24, 2.45) is 0 Å². The number of hydrogen-bond donors (Lipinski definition) is 1. The quantitative estimate of drug-likeness (QED) is 0.317. The van der Waals surface area contributed by atoms with Crippen LogP contribution >= 0.6 is 0 Å². The molecule has 0 fully saturated rings.